The van der Waals surface area contributed by atoms with Gasteiger partial charge in [0.2, 0.25) is 5.91 Å². The number of nitrogens with one attached hydrogen (secondary N) is 1. The first kappa shape index (κ1) is 21.2. The molecule has 0 atom stereocenters. The molecule has 2 aromatic carbocycles. The number of hydrogen-bond donors (Lipinski definition) is 1. The van der Waals surface area contributed by atoms with Crippen molar-refractivity contribution in [2.45, 2.75) is 58.4 Å². The van der Waals surface area contributed by atoms with Gasteiger partial charge in [0.25, 0.3) is 0 Å². The molecule has 0 radical (unpaired) electrons. The van der Waals surface area contributed by atoms with Gasteiger partial charge in [-0.05, 0) is 49.4 Å². The molecule has 5 nitrogen and oxygen atoms in total. The Bertz CT molecular complexity index is 1060. The molecular formula is C26H31N3O2. The molecule has 1 N–H and O–H groups in total. The standard InChI is InChI=1S/C26H31N3O2/c1-19-25(18-27-28-20(2)30)24-10-6-7-11-26(24)29(19)16-17-31-23-14-12-22(13-15-23)21-8-4-3-5-9-21/h6-7,10-15,18,21H,3-5,8-9,16-17H2,1-2H3,(H,28,30)/b27-18+. The molecule has 31 heavy (non-hydrogen) atoms. The van der Waals surface area contributed by atoms with Gasteiger partial charge in [-0.25, -0.2) is 5.43 Å². The Morgan fingerprint density at radius 1 is 1.13 bits per heavy atom. The van der Waals surface area contributed by atoms with E-state index in [4.69, 9.17) is 4.74 Å². The van der Waals surface area contributed by atoms with Crippen molar-refractivity contribution in [1.29, 1.82) is 0 Å². The van der Waals surface area contributed by atoms with E-state index in [2.05, 4.69) is 58.4 Å². The highest BCUT2D eigenvalue weighted by Crippen LogP contribution is 2.33. The molecule has 162 valence electrons. The van der Waals surface area contributed by atoms with Crippen molar-refractivity contribution in [1.82, 2.24) is 9.99 Å². The van der Waals surface area contributed by atoms with Crippen molar-refractivity contribution >= 4 is 23.0 Å². The molecule has 1 amide bonds. The van der Waals surface area contributed by atoms with Crippen molar-refractivity contribution < 1.29 is 9.53 Å². The van der Waals surface area contributed by atoms with Crippen LogP contribution in [0.15, 0.2) is 53.6 Å². The van der Waals surface area contributed by atoms with Crippen molar-refractivity contribution in [3.63, 3.8) is 0 Å². The van der Waals surface area contributed by atoms with E-state index >= 15 is 0 Å². The quantitative estimate of drug-likeness (QED) is 0.405. The summed E-state index contributed by atoms with van der Waals surface area (Å²) >= 11 is 0. The van der Waals surface area contributed by atoms with Crippen LogP contribution in [0.25, 0.3) is 10.9 Å². The lowest BCUT2D eigenvalue weighted by atomic mass is 9.84. The summed E-state index contributed by atoms with van der Waals surface area (Å²) in [5, 5.41) is 5.19. The van der Waals surface area contributed by atoms with Gasteiger partial charge in [-0.1, -0.05) is 49.6 Å². The highest BCUT2D eigenvalue weighted by atomic mass is 16.5. The lowest BCUT2D eigenvalue weighted by molar-refractivity contribution is -0.118. The maximum absolute atomic E-state index is 11.1. The number of amides is 1. The molecule has 0 unspecified atom stereocenters. The Kier molecular flexibility index (Phi) is 6.70. The number of para-hydroxylation sites is 1. The molecule has 1 fully saturated rings. The summed E-state index contributed by atoms with van der Waals surface area (Å²) in [6.07, 6.45) is 8.43. The van der Waals surface area contributed by atoms with E-state index in [0.717, 1.165) is 34.5 Å². The van der Waals surface area contributed by atoms with Crippen molar-refractivity contribution in [3.05, 3.63) is 65.4 Å². The third kappa shape index (κ3) is 4.98. The lowest BCUT2D eigenvalue weighted by Crippen LogP contribution is -2.12. The van der Waals surface area contributed by atoms with Gasteiger partial charge < -0.3 is 9.30 Å². The summed E-state index contributed by atoms with van der Waals surface area (Å²) in [6, 6.07) is 16.9. The predicted octanol–water partition coefficient (Wildman–Crippen LogP) is 5.55. The summed E-state index contributed by atoms with van der Waals surface area (Å²) in [5.41, 5.74) is 7.19. The van der Waals surface area contributed by atoms with Crippen LogP contribution in [0.5, 0.6) is 5.75 Å². The number of ether oxygens (including phenoxy) is 1. The van der Waals surface area contributed by atoms with E-state index in [1.807, 2.05) is 12.1 Å². The van der Waals surface area contributed by atoms with E-state index in [-0.39, 0.29) is 5.91 Å². The summed E-state index contributed by atoms with van der Waals surface area (Å²) < 4.78 is 8.32. The zero-order valence-corrected chi connectivity index (χ0v) is 18.4. The second-order valence-electron chi connectivity index (χ2n) is 8.35. The number of nitrogens with zero attached hydrogens (tertiary/aromatic N) is 2. The van der Waals surface area contributed by atoms with Crippen LogP contribution in [0.1, 0.15) is 61.8 Å². The summed E-state index contributed by atoms with van der Waals surface area (Å²) in [5.74, 6) is 1.45. The number of aromatic nitrogens is 1. The second-order valence-corrected chi connectivity index (χ2v) is 8.35. The van der Waals surface area contributed by atoms with E-state index < -0.39 is 0 Å². The maximum atomic E-state index is 11.1. The highest BCUT2D eigenvalue weighted by molar-refractivity contribution is 6.01. The van der Waals surface area contributed by atoms with E-state index in [0.29, 0.717) is 12.5 Å². The van der Waals surface area contributed by atoms with Gasteiger partial charge in [-0.2, -0.15) is 5.10 Å². The molecule has 3 aromatic rings. The fourth-order valence-corrected chi connectivity index (χ4v) is 4.62. The Labute approximate surface area is 184 Å². The van der Waals surface area contributed by atoms with Crippen molar-refractivity contribution in [2.75, 3.05) is 6.61 Å². The van der Waals surface area contributed by atoms with Crippen LogP contribution in [-0.4, -0.2) is 23.3 Å². The van der Waals surface area contributed by atoms with Gasteiger partial charge >= 0.3 is 0 Å². The summed E-state index contributed by atoms with van der Waals surface area (Å²) in [6.45, 7) is 4.86. The molecule has 0 spiro atoms. The number of hydrazone groups is 1. The average molecular weight is 418 g/mol. The Balaban J connectivity index is 1.43. The maximum Gasteiger partial charge on any atom is 0.236 e. The minimum atomic E-state index is -0.180. The van der Waals surface area contributed by atoms with Crippen molar-refractivity contribution in [3.8, 4) is 5.75 Å². The van der Waals surface area contributed by atoms with Gasteiger partial charge in [0, 0.05) is 29.1 Å². The number of benzene rings is 2. The fourth-order valence-electron chi connectivity index (χ4n) is 4.62. The molecule has 1 aliphatic carbocycles. The molecule has 1 heterocycles. The van der Waals surface area contributed by atoms with Gasteiger partial charge in [-0.15, -0.1) is 0 Å². The first-order valence-corrected chi connectivity index (χ1v) is 11.2. The lowest BCUT2D eigenvalue weighted by Gasteiger charge is -2.22. The van der Waals surface area contributed by atoms with Crippen LogP contribution in [0.4, 0.5) is 0 Å². The molecule has 5 heteroatoms. The molecule has 0 bridgehead atoms. The largest absolute Gasteiger partial charge is 0.492 e. The molecule has 1 aliphatic rings. The Hall–Kier alpha value is -3.08. The number of carbonyl (C=O) groups excluding carboxylic acids is 1. The molecule has 0 saturated heterocycles. The number of fused-ring (bicyclic) bond motifs is 1. The van der Waals surface area contributed by atoms with Crippen LogP contribution in [-0.2, 0) is 11.3 Å². The van der Waals surface area contributed by atoms with Crippen LogP contribution in [0.3, 0.4) is 0 Å². The molecule has 1 aromatic heterocycles. The summed E-state index contributed by atoms with van der Waals surface area (Å²) in [4.78, 5) is 11.1. The SMILES string of the molecule is CC(=O)N/N=C/c1c(C)n(CCOc2ccc(C3CCCCC3)cc2)c2ccccc12. The second kappa shape index (κ2) is 9.82. The van der Waals surface area contributed by atoms with E-state index in [1.54, 1.807) is 6.21 Å². The minimum Gasteiger partial charge on any atom is -0.492 e. The topological polar surface area (TPSA) is 55.6 Å². The molecular weight excluding hydrogens is 386 g/mol. The zero-order valence-electron chi connectivity index (χ0n) is 18.4. The number of carbonyl (C=O) groups is 1. The third-order valence-electron chi connectivity index (χ3n) is 6.24. The Morgan fingerprint density at radius 2 is 1.87 bits per heavy atom. The zero-order chi connectivity index (χ0) is 21.6. The highest BCUT2D eigenvalue weighted by Gasteiger charge is 2.15. The third-order valence-corrected chi connectivity index (χ3v) is 6.24. The van der Waals surface area contributed by atoms with Crippen molar-refractivity contribution in [2.24, 2.45) is 5.10 Å². The molecule has 0 aliphatic heterocycles. The van der Waals surface area contributed by atoms with E-state index in [1.165, 1.54) is 44.6 Å². The minimum absolute atomic E-state index is 0.180. The van der Waals surface area contributed by atoms with E-state index in [9.17, 15) is 4.79 Å². The van der Waals surface area contributed by atoms with Gasteiger partial charge in [0.05, 0.1) is 12.8 Å². The van der Waals surface area contributed by atoms with Crippen LogP contribution < -0.4 is 10.2 Å². The Morgan fingerprint density at radius 3 is 2.61 bits per heavy atom. The van der Waals surface area contributed by atoms with Gasteiger partial charge in [0.15, 0.2) is 0 Å². The van der Waals surface area contributed by atoms with Gasteiger partial charge in [-0.3, -0.25) is 4.79 Å². The van der Waals surface area contributed by atoms with Crippen LogP contribution in [0, 0.1) is 6.92 Å². The first-order chi connectivity index (χ1) is 15.1. The van der Waals surface area contributed by atoms with Gasteiger partial charge in [0.1, 0.15) is 12.4 Å². The number of rotatable bonds is 7. The molecule has 1 saturated carbocycles. The summed E-state index contributed by atoms with van der Waals surface area (Å²) in [7, 11) is 0. The molecule has 4 rings (SSSR count). The van der Waals surface area contributed by atoms with Crippen LogP contribution in [0.2, 0.25) is 0 Å². The number of hydrogen-bond acceptors (Lipinski definition) is 3. The normalized spacial score (nSPS) is 14.9. The smallest absolute Gasteiger partial charge is 0.236 e. The fraction of sp³-hybridized carbons (Fsp3) is 0.385. The average Bonchev–Trinajstić information content (AvgIpc) is 3.06. The first-order valence-electron chi connectivity index (χ1n) is 11.2. The predicted molar refractivity (Wildman–Crippen MR) is 126 cm³/mol. The monoisotopic (exact) mass is 417 g/mol. The van der Waals surface area contributed by atoms with Crippen LogP contribution >= 0.6 is 0 Å².